The zero-order chi connectivity index (χ0) is 13.0. The lowest BCUT2D eigenvalue weighted by atomic mass is 10.1. The van der Waals surface area contributed by atoms with Gasteiger partial charge in [0.1, 0.15) is 17.6 Å². The number of nitrogens with one attached hydrogen (secondary N) is 1. The fraction of sp³-hybridized carbons (Fsp3) is 0.571. The highest BCUT2D eigenvalue weighted by molar-refractivity contribution is 5.47. The summed E-state index contributed by atoms with van der Waals surface area (Å²) in [5.41, 5.74) is 1.08. The van der Waals surface area contributed by atoms with Gasteiger partial charge in [0.2, 0.25) is 0 Å². The molecule has 1 unspecified atom stereocenters. The van der Waals surface area contributed by atoms with Crippen molar-refractivity contribution < 1.29 is 14.2 Å². The van der Waals surface area contributed by atoms with Crippen molar-refractivity contribution in [1.29, 1.82) is 0 Å². The molecule has 0 aliphatic carbocycles. The van der Waals surface area contributed by atoms with Crippen molar-refractivity contribution in [2.75, 3.05) is 26.9 Å². The summed E-state index contributed by atoms with van der Waals surface area (Å²) < 4.78 is 16.5. The van der Waals surface area contributed by atoms with Crippen molar-refractivity contribution >= 4 is 0 Å². The molecule has 0 bridgehead atoms. The van der Waals surface area contributed by atoms with Crippen LogP contribution in [0.4, 0.5) is 0 Å². The van der Waals surface area contributed by atoms with Crippen molar-refractivity contribution in [3.8, 4) is 11.5 Å². The van der Waals surface area contributed by atoms with Crippen LogP contribution in [0.5, 0.6) is 11.5 Å². The fourth-order valence-electron chi connectivity index (χ4n) is 2.10. The number of hydrogen-bond acceptors (Lipinski definition) is 4. The van der Waals surface area contributed by atoms with Gasteiger partial charge < -0.3 is 19.5 Å². The summed E-state index contributed by atoms with van der Waals surface area (Å²) in [5.74, 6) is 1.75. The molecule has 1 aliphatic heterocycles. The molecule has 1 saturated heterocycles. The first-order chi connectivity index (χ1) is 8.76. The van der Waals surface area contributed by atoms with Gasteiger partial charge in [0.15, 0.2) is 0 Å². The van der Waals surface area contributed by atoms with Crippen molar-refractivity contribution in [3.05, 3.63) is 23.8 Å². The second-order valence-electron chi connectivity index (χ2n) is 4.43. The van der Waals surface area contributed by atoms with E-state index in [1.165, 1.54) is 0 Å². The second-order valence-corrected chi connectivity index (χ2v) is 4.43. The highest BCUT2D eigenvalue weighted by Gasteiger charge is 2.24. The average molecular weight is 251 g/mol. The Morgan fingerprint density at radius 1 is 1.39 bits per heavy atom. The lowest BCUT2D eigenvalue weighted by Crippen LogP contribution is -2.39. The van der Waals surface area contributed by atoms with E-state index in [0.29, 0.717) is 13.2 Å². The van der Waals surface area contributed by atoms with Gasteiger partial charge >= 0.3 is 0 Å². The molecule has 1 atom stereocenters. The Kier molecular flexibility index (Phi) is 4.44. The predicted octanol–water partition coefficient (Wildman–Crippen LogP) is 2.14. The van der Waals surface area contributed by atoms with Gasteiger partial charge in [-0.25, -0.2) is 0 Å². The van der Waals surface area contributed by atoms with Crippen LogP contribution in [-0.4, -0.2) is 33.0 Å². The SMILES string of the molecule is CCNC(C)c1c(OC)cccc1OC1COC1. The van der Waals surface area contributed by atoms with E-state index in [9.17, 15) is 0 Å². The molecule has 1 aromatic rings. The molecular formula is C14H21NO3. The summed E-state index contributed by atoms with van der Waals surface area (Å²) >= 11 is 0. The van der Waals surface area contributed by atoms with Crippen LogP contribution in [0.25, 0.3) is 0 Å². The Morgan fingerprint density at radius 2 is 2.11 bits per heavy atom. The van der Waals surface area contributed by atoms with Gasteiger partial charge in [-0.3, -0.25) is 0 Å². The molecular weight excluding hydrogens is 230 g/mol. The Hall–Kier alpha value is -1.26. The van der Waals surface area contributed by atoms with Gasteiger partial charge in [-0.1, -0.05) is 13.0 Å². The van der Waals surface area contributed by atoms with Crippen LogP contribution in [0.3, 0.4) is 0 Å². The molecule has 1 aromatic carbocycles. The summed E-state index contributed by atoms with van der Waals surface area (Å²) in [6.07, 6.45) is 0.171. The molecule has 4 heteroatoms. The maximum Gasteiger partial charge on any atom is 0.145 e. The molecule has 1 fully saturated rings. The first-order valence-corrected chi connectivity index (χ1v) is 6.41. The summed E-state index contributed by atoms with van der Waals surface area (Å²) in [5, 5.41) is 3.39. The minimum absolute atomic E-state index is 0.171. The van der Waals surface area contributed by atoms with Crippen molar-refractivity contribution in [3.63, 3.8) is 0 Å². The van der Waals surface area contributed by atoms with E-state index in [-0.39, 0.29) is 12.1 Å². The van der Waals surface area contributed by atoms with Crippen molar-refractivity contribution in [2.45, 2.75) is 26.0 Å². The van der Waals surface area contributed by atoms with E-state index in [2.05, 4.69) is 19.2 Å². The smallest absolute Gasteiger partial charge is 0.145 e. The van der Waals surface area contributed by atoms with E-state index in [1.807, 2.05) is 18.2 Å². The minimum Gasteiger partial charge on any atom is -0.496 e. The third-order valence-corrected chi connectivity index (χ3v) is 3.09. The number of benzene rings is 1. The molecule has 1 N–H and O–H groups in total. The van der Waals surface area contributed by atoms with Gasteiger partial charge in [0.25, 0.3) is 0 Å². The van der Waals surface area contributed by atoms with Gasteiger partial charge in [-0.05, 0) is 25.6 Å². The third-order valence-electron chi connectivity index (χ3n) is 3.09. The Morgan fingerprint density at radius 3 is 2.67 bits per heavy atom. The molecule has 0 radical (unpaired) electrons. The third kappa shape index (κ3) is 2.76. The maximum absolute atomic E-state index is 5.95. The molecule has 4 nitrogen and oxygen atoms in total. The van der Waals surface area contributed by atoms with Crippen LogP contribution in [0.1, 0.15) is 25.5 Å². The van der Waals surface area contributed by atoms with E-state index in [0.717, 1.165) is 23.6 Å². The number of ether oxygens (including phenoxy) is 3. The van der Waals surface area contributed by atoms with Gasteiger partial charge in [0.05, 0.1) is 25.9 Å². The largest absolute Gasteiger partial charge is 0.496 e. The monoisotopic (exact) mass is 251 g/mol. The fourth-order valence-corrected chi connectivity index (χ4v) is 2.10. The Balaban J connectivity index is 2.24. The quantitative estimate of drug-likeness (QED) is 0.841. The molecule has 0 amide bonds. The van der Waals surface area contributed by atoms with Gasteiger partial charge in [-0.2, -0.15) is 0 Å². The molecule has 18 heavy (non-hydrogen) atoms. The van der Waals surface area contributed by atoms with Gasteiger partial charge in [-0.15, -0.1) is 0 Å². The molecule has 1 aliphatic rings. The zero-order valence-electron chi connectivity index (χ0n) is 11.2. The van der Waals surface area contributed by atoms with Crippen LogP contribution in [0.15, 0.2) is 18.2 Å². The molecule has 2 rings (SSSR count). The topological polar surface area (TPSA) is 39.7 Å². The predicted molar refractivity (Wildman–Crippen MR) is 70.3 cm³/mol. The standard InChI is InChI=1S/C14H21NO3/c1-4-15-10(2)14-12(16-3)6-5-7-13(14)18-11-8-17-9-11/h5-7,10-11,15H,4,8-9H2,1-3H3. The number of rotatable bonds is 6. The van der Waals surface area contributed by atoms with Crippen LogP contribution in [0, 0.1) is 0 Å². The van der Waals surface area contributed by atoms with E-state index < -0.39 is 0 Å². The van der Waals surface area contributed by atoms with Crippen LogP contribution in [0.2, 0.25) is 0 Å². The average Bonchev–Trinajstić information content (AvgIpc) is 2.33. The van der Waals surface area contributed by atoms with Crippen LogP contribution in [-0.2, 0) is 4.74 Å². The highest BCUT2D eigenvalue weighted by Crippen LogP contribution is 2.35. The molecule has 100 valence electrons. The van der Waals surface area contributed by atoms with E-state index >= 15 is 0 Å². The molecule has 0 spiro atoms. The normalized spacial score (nSPS) is 17.1. The lowest BCUT2D eigenvalue weighted by molar-refractivity contribution is -0.0801. The number of hydrogen-bond donors (Lipinski definition) is 1. The molecule has 0 saturated carbocycles. The van der Waals surface area contributed by atoms with E-state index in [4.69, 9.17) is 14.2 Å². The summed E-state index contributed by atoms with van der Waals surface area (Å²) in [7, 11) is 1.69. The molecule has 1 heterocycles. The zero-order valence-corrected chi connectivity index (χ0v) is 11.2. The second kappa shape index (κ2) is 6.07. The number of methoxy groups -OCH3 is 1. The molecule has 0 aromatic heterocycles. The summed E-state index contributed by atoms with van der Waals surface area (Å²) in [6.45, 7) is 6.46. The first-order valence-electron chi connectivity index (χ1n) is 6.41. The summed E-state index contributed by atoms with van der Waals surface area (Å²) in [6, 6.07) is 6.11. The summed E-state index contributed by atoms with van der Waals surface area (Å²) in [4.78, 5) is 0. The lowest BCUT2D eigenvalue weighted by Gasteiger charge is -2.29. The van der Waals surface area contributed by atoms with Crippen LogP contribution < -0.4 is 14.8 Å². The highest BCUT2D eigenvalue weighted by atomic mass is 16.6. The maximum atomic E-state index is 5.95. The first kappa shape index (κ1) is 13.2. The van der Waals surface area contributed by atoms with Crippen LogP contribution >= 0.6 is 0 Å². The van der Waals surface area contributed by atoms with Crippen molar-refractivity contribution in [1.82, 2.24) is 5.32 Å². The van der Waals surface area contributed by atoms with E-state index in [1.54, 1.807) is 7.11 Å². The minimum atomic E-state index is 0.171. The van der Waals surface area contributed by atoms with Gasteiger partial charge in [0, 0.05) is 6.04 Å². The van der Waals surface area contributed by atoms with Crippen molar-refractivity contribution in [2.24, 2.45) is 0 Å². The Labute approximate surface area is 108 Å². The Bertz CT molecular complexity index is 391.